The first-order chi connectivity index (χ1) is 6.63. The summed E-state index contributed by atoms with van der Waals surface area (Å²) in [7, 11) is 0. The van der Waals surface area contributed by atoms with Crippen molar-refractivity contribution in [3.8, 4) is 11.5 Å². The van der Waals surface area contributed by atoms with Crippen LogP contribution < -0.4 is 5.48 Å². The van der Waals surface area contributed by atoms with E-state index in [-0.39, 0.29) is 17.9 Å². The third-order valence-electron chi connectivity index (χ3n) is 1.81. The quantitative estimate of drug-likeness (QED) is 0.323. The van der Waals surface area contributed by atoms with Crippen molar-refractivity contribution in [3.05, 3.63) is 23.8 Å². The van der Waals surface area contributed by atoms with Crippen molar-refractivity contribution in [3.63, 3.8) is 0 Å². The van der Waals surface area contributed by atoms with Crippen molar-refractivity contribution in [2.75, 3.05) is 0 Å². The summed E-state index contributed by atoms with van der Waals surface area (Å²) < 4.78 is 0. The first-order valence-corrected chi connectivity index (χ1v) is 4.07. The van der Waals surface area contributed by atoms with Gasteiger partial charge in [-0.3, -0.25) is 10.0 Å². The topological polar surface area (TPSA) is 89.8 Å². The van der Waals surface area contributed by atoms with E-state index in [1.54, 1.807) is 6.07 Å². The fraction of sp³-hybridized carbons (Fsp3) is 0.222. The van der Waals surface area contributed by atoms with Crippen LogP contribution in [0.2, 0.25) is 0 Å². The molecule has 4 N–H and O–H groups in total. The molecule has 0 bridgehead atoms. The van der Waals surface area contributed by atoms with Gasteiger partial charge in [0.05, 0.1) is 0 Å². The van der Waals surface area contributed by atoms with Crippen LogP contribution in [-0.2, 0) is 11.2 Å². The van der Waals surface area contributed by atoms with Gasteiger partial charge >= 0.3 is 0 Å². The normalized spacial score (nSPS) is 9.79. The number of hydroxylamine groups is 1. The minimum Gasteiger partial charge on any atom is -0.504 e. The van der Waals surface area contributed by atoms with Gasteiger partial charge in [0, 0.05) is 6.42 Å². The standard InChI is InChI=1S/C9H11NO4/c11-7-3-1-6(5-8(7)12)2-4-9(13)10-14/h1,3,5,11-12,14H,2,4H2,(H,10,13). The average molecular weight is 197 g/mol. The molecule has 0 saturated carbocycles. The third kappa shape index (κ3) is 2.63. The Balaban J connectivity index is 2.60. The summed E-state index contributed by atoms with van der Waals surface area (Å²) in [5.74, 6) is -0.898. The SMILES string of the molecule is O=C(CCc1ccc(O)c(O)c1)NO. The number of phenols is 2. The minimum absolute atomic E-state index is 0.126. The predicted octanol–water partition coefficient (Wildman–Crippen LogP) is 0.536. The second-order valence-electron chi connectivity index (χ2n) is 2.86. The molecule has 1 aromatic rings. The molecule has 1 rings (SSSR count). The Morgan fingerprint density at radius 3 is 2.57 bits per heavy atom. The molecule has 0 aliphatic heterocycles. The van der Waals surface area contributed by atoms with Gasteiger partial charge < -0.3 is 10.2 Å². The molecule has 0 aromatic heterocycles. The van der Waals surface area contributed by atoms with E-state index >= 15 is 0 Å². The molecule has 14 heavy (non-hydrogen) atoms. The van der Waals surface area contributed by atoms with Crippen LogP contribution >= 0.6 is 0 Å². The molecule has 0 aliphatic carbocycles. The van der Waals surface area contributed by atoms with Crippen LogP contribution in [0.3, 0.4) is 0 Å². The average Bonchev–Trinajstić information content (AvgIpc) is 2.19. The monoisotopic (exact) mass is 197 g/mol. The number of rotatable bonds is 3. The van der Waals surface area contributed by atoms with E-state index in [0.717, 1.165) is 0 Å². The fourth-order valence-electron chi connectivity index (χ4n) is 1.04. The Bertz CT molecular complexity index is 338. The lowest BCUT2D eigenvalue weighted by Gasteiger charge is -2.02. The lowest BCUT2D eigenvalue weighted by molar-refractivity contribution is -0.129. The summed E-state index contributed by atoms with van der Waals surface area (Å²) in [6.45, 7) is 0. The van der Waals surface area contributed by atoms with Crippen molar-refractivity contribution in [2.24, 2.45) is 0 Å². The number of amides is 1. The number of hydrogen-bond acceptors (Lipinski definition) is 4. The zero-order chi connectivity index (χ0) is 10.6. The van der Waals surface area contributed by atoms with Gasteiger partial charge in [-0.2, -0.15) is 0 Å². The lowest BCUT2D eigenvalue weighted by Crippen LogP contribution is -2.18. The van der Waals surface area contributed by atoms with E-state index in [0.29, 0.717) is 12.0 Å². The number of hydrogen-bond donors (Lipinski definition) is 4. The van der Waals surface area contributed by atoms with Crippen LogP contribution in [0.1, 0.15) is 12.0 Å². The zero-order valence-electron chi connectivity index (χ0n) is 7.40. The first kappa shape index (κ1) is 10.3. The van der Waals surface area contributed by atoms with Gasteiger partial charge in [-0.15, -0.1) is 0 Å². The van der Waals surface area contributed by atoms with E-state index in [4.69, 9.17) is 15.4 Å². The molecule has 76 valence electrons. The van der Waals surface area contributed by atoms with Crippen LogP contribution in [0.4, 0.5) is 0 Å². The summed E-state index contributed by atoms with van der Waals surface area (Å²) in [4.78, 5) is 10.7. The molecule has 0 heterocycles. The molecule has 0 aliphatic rings. The summed E-state index contributed by atoms with van der Waals surface area (Å²) in [5.41, 5.74) is 2.22. The lowest BCUT2D eigenvalue weighted by atomic mass is 10.1. The number of benzene rings is 1. The highest BCUT2D eigenvalue weighted by atomic mass is 16.5. The molecular formula is C9H11NO4. The number of nitrogens with one attached hydrogen (secondary N) is 1. The maximum Gasteiger partial charge on any atom is 0.243 e. The molecular weight excluding hydrogens is 186 g/mol. The number of aryl methyl sites for hydroxylation is 1. The highest BCUT2D eigenvalue weighted by molar-refractivity contribution is 5.74. The van der Waals surface area contributed by atoms with Crippen molar-refractivity contribution in [1.29, 1.82) is 0 Å². The van der Waals surface area contributed by atoms with Gasteiger partial charge in [-0.1, -0.05) is 6.07 Å². The van der Waals surface area contributed by atoms with Crippen LogP contribution in [0.5, 0.6) is 11.5 Å². The smallest absolute Gasteiger partial charge is 0.243 e. The molecule has 0 radical (unpaired) electrons. The second kappa shape index (κ2) is 4.48. The van der Waals surface area contributed by atoms with Crippen LogP contribution in [0.15, 0.2) is 18.2 Å². The van der Waals surface area contributed by atoms with Gasteiger partial charge in [0.1, 0.15) is 0 Å². The minimum atomic E-state index is -0.488. The number of aromatic hydroxyl groups is 2. The van der Waals surface area contributed by atoms with E-state index in [2.05, 4.69) is 0 Å². The molecule has 1 amide bonds. The van der Waals surface area contributed by atoms with Gasteiger partial charge in [0.2, 0.25) is 5.91 Å². The van der Waals surface area contributed by atoms with Gasteiger partial charge in [-0.05, 0) is 24.1 Å². The van der Waals surface area contributed by atoms with Gasteiger partial charge in [0.15, 0.2) is 11.5 Å². The van der Waals surface area contributed by atoms with Crippen LogP contribution in [-0.4, -0.2) is 21.3 Å². The van der Waals surface area contributed by atoms with Gasteiger partial charge in [-0.25, -0.2) is 5.48 Å². The molecule has 0 fully saturated rings. The Morgan fingerprint density at radius 2 is 2.00 bits per heavy atom. The molecule has 0 saturated heterocycles. The van der Waals surface area contributed by atoms with Gasteiger partial charge in [0.25, 0.3) is 0 Å². The van der Waals surface area contributed by atoms with E-state index in [1.807, 2.05) is 0 Å². The van der Waals surface area contributed by atoms with Crippen LogP contribution in [0, 0.1) is 0 Å². The molecule has 1 aromatic carbocycles. The largest absolute Gasteiger partial charge is 0.504 e. The second-order valence-corrected chi connectivity index (χ2v) is 2.86. The fourth-order valence-corrected chi connectivity index (χ4v) is 1.04. The third-order valence-corrected chi connectivity index (χ3v) is 1.81. The molecule has 0 spiro atoms. The van der Waals surface area contributed by atoms with Crippen molar-refractivity contribution in [1.82, 2.24) is 5.48 Å². The highest BCUT2D eigenvalue weighted by Gasteiger charge is 2.03. The van der Waals surface area contributed by atoms with E-state index in [9.17, 15) is 4.79 Å². The van der Waals surface area contributed by atoms with E-state index in [1.165, 1.54) is 17.6 Å². The molecule has 0 unspecified atom stereocenters. The summed E-state index contributed by atoms with van der Waals surface area (Å²) in [6, 6.07) is 4.32. The first-order valence-electron chi connectivity index (χ1n) is 4.07. The Labute approximate surface area is 80.6 Å². The van der Waals surface area contributed by atoms with Crippen molar-refractivity contribution < 1.29 is 20.2 Å². The molecule has 5 heteroatoms. The molecule has 5 nitrogen and oxygen atoms in total. The summed E-state index contributed by atoms with van der Waals surface area (Å²) in [6.07, 6.45) is 0.515. The number of carbonyl (C=O) groups is 1. The predicted molar refractivity (Wildman–Crippen MR) is 48.0 cm³/mol. The summed E-state index contributed by atoms with van der Waals surface area (Å²) in [5, 5.41) is 26.3. The maximum atomic E-state index is 10.7. The number of carbonyl (C=O) groups excluding carboxylic acids is 1. The summed E-state index contributed by atoms with van der Waals surface area (Å²) >= 11 is 0. The maximum absolute atomic E-state index is 10.7. The molecule has 0 atom stereocenters. The van der Waals surface area contributed by atoms with E-state index < -0.39 is 5.91 Å². The Hall–Kier alpha value is -1.75. The van der Waals surface area contributed by atoms with Crippen LogP contribution in [0.25, 0.3) is 0 Å². The Morgan fingerprint density at radius 1 is 1.29 bits per heavy atom. The van der Waals surface area contributed by atoms with Crippen molar-refractivity contribution >= 4 is 5.91 Å². The highest BCUT2D eigenvalue weighted by Crippen LogP contribution is 2.25. The zero-order valence-corrected chi connectivity index (χ0v) is 7.40. The number of phenolic OH excluding ortho intramolecular Hbond substituents is 2. The van der Waals surface area contributed by atoms with Crippen molar-refractivity contribution in [2.45, 2.75) is 12.8 Å². The Kier molecular flexibility index (Phi) is 3.30.